The lowest BCUT2D eigenvalue weighted by atomic mass is 9.52. The Morgan fingerprint density at radius 2 is 1.90 bits per heavy atom. The minimum absolute atomic E-state index is 0.0925. The van der Waals surface area contributed by atoms with Crippen LogP contribution in [0.3, 0.4) is 0 Å². The summed E-state index contributed by atoms with van der Waals surface area (Å²) in [5.74, 6) is 4.59. The third-order valence-electron chi connectivity index (χ3n) is 5.83. The van der Waals surface area contributed by atoms with E-state index in [1.165, 1.54) is 38.3 Å². The first-order chi connectivity index (χ1) is 9.70. The first kappa shape index (κ1) is 12.2. The zero-order chi connectivity index (χ0) is 13.7. The SMILES string of the molecule is Nc1[nH]ncc1C(=O)NCC1C2CC3CC(C2)CC1C3. The summed E-state index contributed by atoms with van der Waals surface area (Å²) < 4.78 is 0. The van der Waals surface area contributed by atoms with Crippen LogP contribution in [-0.4, -0.2) is 22.6 Å². The molecule has 4 bridgehead atoms. The molecule has 0 radical (unpaired) electrons. The van der Waals surface area contributed by atoms with Crippen LogP contribution in [0, 0.1) is 29.6 Å². The van der Waals surface area contributed by atoms with E-state index >= 15 is 0 Å². The number of nitrogens with zero attached hydrogens (tertiary/aromatic N) is 1. The van der Waals surface area contributed by atoms with Gasteiger partial charge in [-0.15, -0.1) is 0 Å². The topological polar surface area (TPSA) is 83.8 Å². The van der Waals surface area contributed by atoms with E-state index in [0.29, 0.717) is 17.3 Å². The molecule has 0 aliphatic heterocycles. The van der Waals surface area contributed by atoms with E-state index in [4.69, 9.17) is 5.73 Å². The third-order valence-corrected chi connectivity index (χ3v) is 5.83. The predicted octanol–water partition coefficient (Wildman–Crippen LogP) is 1.79. The molecular weight excluding hydrogens is 252 g/mol. The first-order valence-corrected chi connectivity index (χ1v) is 7.77. The predicted molar refractivity (Wildman–Crippen MR) is 75.9 cm³/mol. The van der Waals surface area contributed by atoms with Gasteiger partial charge in [-0.25, -0.2) is 0 Å². The number of rotatable bonds is 3. The van der Waals surface area contributed by atoms with E-state index in [1.807, 2.05) is 0 Å². The van der Waals surface area contributed by atoms with Crippen molar-refractivity contribution in [2.45, 2.75) is 32.1 Å². The number of aromatic amines is 1. The molecule has 4 saturated carbocycles. The Bertz CT molecular complexity index is 496. The van der Waals surface area contributed by atoms with Crippen LogP contribution in [0.5, 0.6) is 0 Å². The quantitative estimate of drug-likeness (QED) is 0.785. The summed E-state index contributed by atoms with van der Waals surface area (Å²) in [7, 11) is 0. The summed E-state index contributed by atoms with van der Waals surface area (Å²) in [6.07, 6.45) is 8.53. The number of nitrogens with two attached hydrogens (primary N) is 1. The normalized spacial score (nSPS) is 38.1. The van der Waals surface area contributed by atoms with Crippen LogP contribution in [0.4, 0.5) is 5.82 Å². The van der Waals surface area contributed by atoms with Crippen molar-refractivity contribution in [1.29, 1.82) is 0 Å². The molecule has 1 amide bonds. The van der Waals surface area contributed by atoms with Gasteiger partial charge in [0, 0.05) is 6.54 Å². The number of hydrogen-bond donors (Lipinski definition) is 3. The molecule has 1 aromatic heterocycles. The van der Waals surface area contributed by atoms with E-state index in [9.17, 15) is 4.79 Å². The maximum atomic E-state index is 12.1. The van der Waals surface area contributed by atoms with Crippen molar-refractivity contribution < 1.29 is 4.79 Å². The minimum Gasteiger partial charge on any atom is -0.383 e. The lowest BCUT2D eigenvalue weighted by molar-refractivity contribution is -0.0347. The van der Waals surface area contributed by atoms with Crippen molar-refractivity contribution in [1.82, 2.24) is 15.5 Å². The van der Waals surface area contributed by atoms with Crippen molar-refractivity contribution in [3.8, 4) is 0 Å². The van der Waals surface area contributed by atoms with Gasteiger partial charge in [0.25, 0.3) is 5.91 Å². The van der Waals surface area contributed by atoms with E-state index in [2.05, 4.69) is 15.5 Å². The number of nitrogen functional groups attached to an aromatic ring is 1. The number of anilines is 1. The summed E-state index contributed by atoms with van der Waals surface area (Å²) in [5, 5.41) is 9.48. The maximum absolute atomic E-state index is 12.1. The van der Waals surface area contributed by atoms with Crippen molar-refractivity contribution in [2.24, 2.45) is 29.6 Å². The van der Waals surface area contributed by atoms with E-state index in [1.54, 1.807) is 0 Å². The smallest absolute Gasteiger partial charge is 0.256 e. The standard InChI is InChI=1S/C15H22N4O/c16-14-13(7-18-19-14)15(20)17-6-12-10-2-8-1-9(4-10)5-11(12)3-8/h7-12H,1-6H2,(H,17,20)(H3,16,18,19). The second-order valence-corrected chi connectivity index (χ2v) is 7.00. The fourth-order valence-corrected chi connectivity index (χ4v) is 5.15. The number of aromatic nitrogens is 2. The zero-order valence-corrected chi connectivity index (χ0v) is 11.6. The van der Waals surface area contributed by atoms with Crippen molar-refractivity contribution in [2.75, 3.05) is 12.3 Å². The largest absolute Gasteiger partial charge is 0.383 e. The molecule has 4 N–H and O–H groups in total. The fourth-order valence-electron chi connectivity index (χ4n) is 5.15. The molecule has 0 spiro atoms. The molecule has 4 fully saturated rings. The summed E-state index contributed by atoms with van der Waals surface area (Å²) in [5.41, 5.74) is 6.15. The average Bonchev–Trinajstić information content (AvgIpc) is 2.83. The van der Waals surface area contributed by atoms with Gasteiger partial charge in [0.05, 0.1) is 6.20 Å². The third kappa shape index (κ3) is 1.91. The van der Waals surface area contributed by atoms with Gasteiger partial charge >= 0.3 is 0 Å². The van der Waals surface area contributed by atoms with Crippen LogP contribution in [0.1, 0.15) is 42.5 Å². The van der Waals surface area contributed by atoms with Crippen LogP contribution >= 0.6 is 0 Å². The molecule has 0 atom stereocenters. The number of carbonyl (C=O) groups excluding carboxylic acids is 1. The van der Waals surface area contributed by atoms with E-state index in [-0.39, 0.29) is 5.91 Å². The van der Waals surface area contributed by atoms with Gasteiger partial charge in [-0.05, 0) is 61.7 Å². The van der Waals surface area contributed by atoms with Crippen LogP contribution in [0.25, 0.3) is 0 Å². The van der Waals surface area contributed by atoms with Gasteiger partial charge in [-0.1, -0.05) is 0 Å². The van der Waals surface area contributed by atoms with Gasteiger partial charge in [-0.2, -0.15) is 5.10 Å². The van der Waals surface area contributed by atoms with Crippen molar-refractivity contribution in [3.63, 3.8) is 0 Å². The lowest BCUT2D eigenvalue weighted by Crippen LogP contribution is -2.49. The molecule has 0 saturated heterocycles. The Labute approximate surface area is 118 Å². The Morgan fingerprint density at radius 3 is 2.45 bits per heavy atom. The van der Waals surface area contributed by atoms with Gasteiger partial charge in [0.1, 0.15) is 11.4 Å². The van der Waals surface area contributed by atoms with E-state index in [0.717, 1.165) is 30.2 Å². The van der Waals surface area contributed by atoms with Crippen LogP contribution < -0.4 is 11.1 Å². The van der Waals surface area contributed by atoms with Gasteiger partial charge < -0.3 is 11.1 Å². The van der Waals surface area contributed by atoms with Crippen molar-refractivity contribution in [3.05, 3.63) is 11.8 Å². The number of hydrogen-bond acceptors (Lipinski definition) is 3. The molecule has 0 unspecified atom stereocenters. The number of nitrogens with one attached hydrogen (secondary N) is 2. The molecule has 5 heteroatoms. The van der Waals surface area contributed by atoms with Crippen LogP contribution in [0.2, 0.25) is 0 Å². The summed E-state index contributed by atoms with van der Waals surface area (Å²) in [6.45, 7) is 0.804. The van der Waals surface area contributed by atoms with E-state index < -0.39 is 0 Å². The Kier molecular flexibility index (Phi) is 2.75. The number of carbonyl (C=O) groups is 1. The first-order valence-electron chi connectivity index (χ1n) is 7.77. The Balaban J connectivity index is 1.40. The minimum atomic E-state index is -0.0925. The van der Waals surface area contributed by atoms with Gasteiger partial charge in [-0.3, -0.25) is 9.89 Å². The Hall–Kier alpha value is -1.52. The fraction of sp³-hybridized carbons (Fsp3) is 0.733. The highest BCUT2D eigenvalue weighted by molar-refractivity contribution is 5.98. The Morgan fingerprint density at radius 1 is 1.25 bits per heavy atom. The molecule has 4 aliphatic rings. The molecule has 5 rings (SSSR count). The molecule has 20 heavy (non-hydrogen) atoms. The monoisotopic (exact) mass is 274 g/mol. The molecule has 0 aromatic carbocycles. The van der Waals surface area contributed by atoms with Crippen LogP contribution in [0.15, 0.2) is 6.20 Å². The average molecular weight is 274 g/mol. The maximum Gasteiger partial charge on any atom is 0.256 e. The molecule has 108 valence electrons. The van der Waals surface area contributed by atoms with Gasteiger partial charge in [0.15, 0.2) is 0 Å². The second-order valence-electron chi connectivity index (χ2n) is 7.00. The zero-order valence-electron chi connectivity index (χ0n) is 11.6. The molecule has 1 heterocycles. The summed E-state index contributed by atoms with van der Waals surface area (Å²) in [4.78, 5) is 12.1. The van der Waals surface area contributed by atoms with Crippen molar-refractivity contribution >= 4 is 11.7 Å². The molecule has 4 aliphatic carbocycles. The van der Waals surface area contributed by atoms with Gasteiger partial charge in [0.2, 0.25) is 0 Å². The number of H-pyrrole nitrogens is 1. The lowest BCUT2D eigenvalue weighted by Gasteiger charge is -2.54. The summed E-state index contributed by atoms with van der Waals surface area (Å²) in [6, 6.07) is 0. The molecular formula is C15H22N4O. The highest BCUT2D eigenvalue weighted by Gasteiger charge is 2.47. The highest BCUT2D eigenvalue weighted by Crippen LogP contribution is 2.56. The number of amides is 1. The highest BCUT2D eigenvalue weighted by atomic mass is 16.1. The molecule has 1 aromatic rings. The van der Waals surface area contributed by atoms with Crippen LogP contribution in [-0.2, 0) is 0 Å². The summed E-state index contributed by atoms with van der Waals surface area (Å²) >= 11 is 0. The second kappa shape index (κ2) is 4.50. The molecule has 5 nitrogen and oxygen atoms in total.